The second-order valence-corrected chi connectivity index (χ2v) is 5.35. The number of nitrogens with zero attached hydrogens (tertiary/aromatic N) is 5. The van der Waals surface area contributed by atoms with Crippen LogP contribution in [0, 0.1) is 0 Å². The van der Waals surface area contributed by atoms with Gasteiger partial charge in [0, 0.05) is 26.5 Å². The van der Waals surface area contributed by atoms with E-state index < -0.39 is 0 Å². The molecule has 0 bridgehead atoms. The van der Waals surface area contributed by atoms with E-state index in [0.29, 0.717) is 24.9 Å². The first-order valence-electron chi connectivity index (χ1n) is 7.44. The third kappa shape index (κ3) is 3.01. The van der Waals surface area contributed by atoms with Gasteiger partial charge in [-0.3, -0.25) is 9.78 Å². The Morgan fingerprint density at radius 2 is 2.35 bits per heavy atom. The highest BCUT2D eigenvalue weighted by molar-refractivity contribution is 5.86. The van der Waals surface area contributed by atoms with E-state index in [0.717, 1.165) is 29.7 Å². The van der Waals surface area contributed by atoms with Gasteiger partial charge in [-0.05, 0) is 6.42 Å². The molecule has 0 aliphatic carbocycles. The van der Waals surface area contributed by atoms with Gasteiger partial charge in [0.05, 0.1) is 24.7 Å². The molecule has 9 heteroatoms. The Hall–Kier alpha value is -2.52. The number of aromatic amines is 1. The van der Waals surface area contributed by atoms with Crippen LogP contribution < -0.4 is 5.32 Å². The summed E-state index contributed by atoms with van der Waals surface area (Å²) in [5.41, 5.74) is 2.39. The fourth-order valence-corrected chi connectivity index (χ4v) is 2.35. The highest BCUT2D eigenvalue weighted by Crippen LogP contribution is 2.30. The van der Waals surface area contributed by atoms with E-state index in [4.69, 9.17) is 9.47 Å². The average Bonchev–Trinajstić information content (AvgIpc) is 3.13. The number of fused-ring (bicyclic) bond motifs is 1. The molecule has 23 heavy (non-hydrogen) atoms. The summed E-state index contributed by atoms with van der Waals surface area (Å²) in [4.78, 5) is 8.99. The monoisotopic (exact) mass is 315 g/mol. The van der Waals surface area contributed by atoms with Gasteiger partial charge in [0.1, 0.15) is 17.1 Å². The molecular formula is C14H17N7O2. The van der Waals surface area contributed by atoms with Crippen LogP contribution in [0.4, 0.5) is 11.5 Å². The van der Waals surface area contributed by atoms with Gasteiger partial charge < -0.3 is 14.8 Å². The van der Waals surface area contributed by atoms with Crippen molar-refractivity contribution in [1.29, 1.82) is 0 Å². The normalized spacial score (nSPS) is 16.8. The molecule has 1 fully saturated rings. The molecule has 2 N–H and O–H groups in total. The lowest BCUT2D eigenvalue weighted by Gasteiger charge is -2.05. The molecule has 1 saturated heterocycles. The SMILES string of the molecule is COCCCn1cc(Nc2nc(C3CO3)nc3cn[nH]c23)cn1. The molecule has 1 aliphatic heterocycles. The first kappa shape index (κ1) is 14.1. The second-order valence-electron chi connectivity index (χ2n) is 5.35. The van der Waals surface area contributed by atoms with Gasteiger partial charge in [0.25, 0.3) is 0 Å². The molecule has 1 atom stereocenters. The van der Waals surface area contributed by atoms with Crippen molar-refractivity contribution < 1.29 is 9.47 Å². The zero-order valence-electron chi connectivity index (χ0n) is 12.7. The summed E-state index contributed by atoms with van der Waals surface area (Å²) < 4.78 is 12.2. The number of aryl methyl sites for hydroxylation is 1. The topological polar surface area (TPSA) is 106 Å². The van der Waals surface area contributed by atoms with E-state index in [1.54, 1.807) is 19.5 Å². The third-order valence-electron chi connectivity index (χ3n) is 3.57. The molecule has 0 radical (unpaired) electrons. The summed E-state index contributed by atoms with van der Waals surface area (Å²) in [6.45, 7) is 2.19. The van der Waals surface area contributed by atoms with Crippen molar-refractivity contribution in [3.05, 3.63) is 24.4 Å². The summed E-state index contributed by atoms with van der Waals surface area (Å²) in [7, 11) is 1.70. The van der Waals surface area contributed by atoms with Gasteiger partial charge in [-0.1, -0.05) is 0 Å². The largest absolute Gasteiger partial charge is 0.385 e. The molecule has 1 aliphatic rings. The van der Waals surface area contributed by atoms with Crippen molar-refractivity contribution in [2.75, 3.05) is 25.6 Å². The predicted octanol–water partition coefficient (Wildman–Crippen LogP) is 1.40. The maximum Gasteiger partial charge on any atom is 0.162 e. The Morgan fingerprint density at radius 1 is 1.43 bits per heavy atom. The molecule has 120 valence electrons. The highest BCUT2D eigenvalue weighted by atomic mass is 16.6. The number of rotatable bonds is 7. The number of nitrogens with one attached hydrogen (secondary N) is 2. The summed E-state index contributed by atoms with van der Waals surface area (Å²) in [6.07, 6.45) is 6.30. The van der Waals surface area contributed by atoms with E-state index in [1.807, 2.05) is 10.9 Å². The molecule has 4 heterocycles. The van der Waals surface area contributed by atoms with Gasteiger partial charge in [-0.2, -0.15) is 10.2 Å². The Morgan fingerprint density at radius 3 is 3.17 bits per heavy atom. The Labute approximate surface area is 132 Å². The van der Waals surface area contributed by atoms with Crippen molar-refractivity contribution in [2.45, 2.75) is 19.1 Å². The predicted molar refractivity (Wildman–Crippen MR) is 82.4 cm³/mol. The van der Waals surface area contributed by atoms with Crippen LogP contribution in [0.25, 0.3) is 11.0 Å². The lowest BCUT2D eigenvalue weighted by Crippen LogP contribution is -2.02. The number of hydrogen-bond donors (Lipinski definition) is 2. The van der Waals surface area contributed by atoms with Crippen LogP contribution in [0.15, 0.2) is 18.6 Å². The van der Waals surface area contributed by atoms with Gasteiger partial charge in [-0.25, -0.2) is 9.97 Å². The molecule has 3 aromatic rings. The van der Waals surface area contributed by atoms with Gasteiger partial charge in [0.2, 0.25) is 0 Å². The molecule has 0 saturated carbocycles. The van der Waals surface area contributed by atoms with Crippen molar-refractivity contribution in [3.63, 3.8) is 0 Å². The molecule has 3 aromatic heterocycles. The highest BCUT2D eigenvalue weighted by Gasteiger charge is 2.29. The summed E-state index contributed by atoms with van der Waals surface area (Å²) in [6, 6.07) is 0. The number of H-pyrrole nitrogens is 1. The van der Waals surface area contributed by atoms with Gasteiger partial charge >= 0.3 is 0 Å². The second kappa shape index (κ2) is 5.94. The average molecular weight is 315 g/mol. The standard InChI is InChI=1S/C14H17N7O2/c1-22-4-2-3-21-7-9(5-16-21)17-14-12-10(6-15-20-12)18-13(19-14)11-8-23-11/h5-7,11H,2-4,8H2,1H3,(H,15,20)(H,17,18,19). The number of epoxide rings is 1. The van der Waals surface area contributed by atoms with Crippen LogP contribution in [0.1, 0.15) is 18.3 Å². The van der Waals surface area contributed by atoms with Crippen LogP contribution in [-0.2, 0) is 16.0 Å². The zero-order chi connectivity index (χ0) is 15.6. The van der Waals surface area contributed by atoms with E-state index in [2.05, 4.69) is 30.6 Å². The van der Waals surface area contributed by atoms with Crippen LogP contribution >= 0.6 is 0 Å². The molecular weight excluding hydrogens is 298 g/mol. The van der Waals surface area contributed by atoms with E-state index in [-0.39, 0.29) is 6.10 Å². The maximum absolute atomic E-state index is 5.27. The van der Waals surface area contributed by atoms with Crippen LogP contribution in [-0.4, -0.2) is 50.3 Å². The lowest BCUT2D eigenvalue weighted by atomic mass is 10.3. The summed E-state index contributed by atoms with van der Waals surface area (Å²) in [5, 5.41) is 14.6. The molecule has 0 aromatic carbocycles. The number of methoxy groups -OCH3 is 1. The number of ether oxygens (including phenoxy) is 2. The molecule has 1 unspecified atom stereocenters. The van der Waals surface area contributed by atoms with Crippen LogP contribution in [0.5, 0.6) is 0 Å². The van der Waals surface area contributed by atoms with Crippen molar-refractivity contribution in [3.8, 4) is 0 Å². The van der Waals surface area contributed by atoms with Crippen LogP contribution in [0.3, 0.4) is 0 Å². The van der Waals surface area contributed by atoms with Crippen molar-refractivity contribution in [2.24, 2.45) is 0 Å². The number of aromatic nitrogens is 6. The van der Waals surface area contributed by atoms with Crippen LogP contribution in [0.2, 0.25) is 0 Å². The summed E-state index contributed by atoms with van der Waals surface area (Å²) >= 11 is 0. The van der Waals surface area contributed by atoms with E-state index in [9.17, 15) is 0 Å². The Balaban J connectivity index is 1.56. The van der Waals surface area contributed by atoms with Gasteiger partial charge in [-0.15, -0.1) is 0 Å². The fraction of sp³-hybridized carbons (Fsp3) is 0.429. The number of hydrogen-bond acceptors (Lipinski definition) is 7. The van der Waals surface area contributed by atoms with E-state index >= 15 is 0 Å². The maximum atomic E-state index is 5.27. The Kier molecular flexibility index (Phi) is 3.64. The third-order valence-corrected chi connectivity index (χ3v) is 3.57. The minimum Gasteiger partial charge on any atom is -0.385 e. The quantitative estimate of drug-likeness (QED) is 0.501. The molecule has 4 rings (SSSR count). The first-order valence-corrected chi connectivity index (χ1v) is 7.44. The van der Waals surface area contributed by atoms with Gasteiger partial charge in [0.15, 0.2) is 11.6 Å². The molecule has 9 nitrogen and oxygen atoms in total. The minimum absolute atomic E-state index is 0.00776. The molecule has 0 amide bonds. The van der Waals surface area contributed by atoms with Crippen molar-refractivity contribution >= 4 is 22.5 Å². The fourth-order valence-electron chi connectivity index (χ4n) is 2.35. The zero-order valence-corrected chi connectivity index (χ0v) is 12.7. The first-order chi connectivity index (χ1) is 11.3. The minimum atomic E-state index is -0.00776. The smallest absolute Gasteiger partial charge is 0.162 e. The van der Waals surface area contributed by atoms with E-state index in [1.165, 1.54) is 0 Å². The lowest BCUT2D eigenvalue weighted by molar-refractivity contribution is 0.189. The summed E-state index contributed by atoms with van der Waals surface area (Å²) in [5.74, 6) is 1.35. The molecule has 0 spiro atoms. The number of anilines is 2. The van der Waals surface area contributed by atoms with Crippen molar-refractivity contribution in [1.82, 2.24) is 29.9 Å². The Bertz CT molecular complexity index is 808.